The first-order valence-electron chi connectivity index (χ1n) is 7.16. The first-order chi connectivity index (χ1) is 10.8. The molecule has 0 aliphatic carbocycles. The Kier molecular flexibility index (Phi) is 3.48. The lowest BCUT2D eigenvalue weighted by Gasteiger charge is -2.28. The average molecular weight is 316 g/mol. The van der Waals surface area contributed by atoms with Crippen molar-refractivity contribution in [2.75, 3.05) is 31.2 Å². The number of rotatable bonds is 2. The number of morpholine rings is 1. The number of hydrogen-bond acceptors (Lipinski definition) is 6. The average Bonchev–Trinajstić information content (AvgIpc) is 2.99. The lowest BCUT2D eigenvalue weighted by Crippen LogP contribution is -2.36. The third-order valence-electron chi connectivity index (χ3n) is 3.82. The fraction of sp³-hybridized carbons (Fsp3) is 0.333. The highest BCUT2D eigenvalue weighted by atomic mass is 35.5. The largest absolute Gasteiger partial charge is 0.378 e. The summed E-state index contributed by atoms with van der Waals surface area (Å²) in [6.07, 6.45) is 3.55. The molecule has 2 aromatic heterocycles. The van der Waals surface area contributed by atoms with Gasteiger partial charge in [-0.1, -0.05) is 0 Å². The van der Waals surface area contributed by atoms with Crippen molar-refractivity contribution in [3.8, 4) is 0 Å². The van der Waals surface area contributed by atoms with E-state index in [-0.39, 0.29) is 5.28 Å². The summed E-state index contributed by atoms with van der Waals surface area (Å²) in [6, 6.07) is 4.00. The Hall–Kier alpha value is -2.05. The van der Waals surface area contributed by atoms with Gasteiger partial charge in [-0.05, 0) is 23.7 Å². The molecule has 112 valence electrons. The van der Waals surface area contributed by atoms with E-state index in [2.05, 4.69) is 30.9 Å². The van der Waals surface area contributed by atoms with Crippen LogP contribution in [0.4, 0.5) is 5.82 Å². The number of halogens is 1. The molecule has 0 spiro atoms. The van der Waals surface area contributed by atoms with Crippen LogP contribution >= 0.6 is 11.6 Å². The van der Waals surface area contributed by atoms with E-state index < -0.39 is 0 Å². The molecule has 6 nitrogen and oxygen atoms in total. The van der Waals surface area contributed by atoms with E-state index in [0.717, 1.165) is 54.7 Å². The molecule has 4 rings (SSSR count). The van der Waals surface area contributed by atoms with Crippen molar-refractivity contribution in [3.63, 3.8) is 0 Å². The van der Waals surface area contributed by atoms with Crippen molar-refractivity contribution >= 4 is 23.1 Å². The van der Waals surface area contributed by atoms with Gasteiger partial charge >= 0.3 is 0 Å². The highest BCUT2D eigenvalue weighted by Gasteiger charge is 2.21. The number of hydrogen-bond donors (Lipinski definition) is 0. The number of fused-ring (bicyclic) bond motifs is 1. The summed E-state index contributed by atoms with van der Waals surface area (Å²) >= 11 is 5.92. The van der Waals surface area contributed by atoms with Crippen molar-refractivity contribution in [1.29, 1.82) is 0 Å². The van der Waals surface area contributed by atoms with Crippen molar-refractivity contribution in [2.24, 2.45) is 4.99 Å². The predicted octanol–water partition coefficient (Wildman–Crippen LogP) is 1.71. The Morgan fingerprint density at radius 3 is 2.91 bits per heavy atom. The molecule has 2 aliphatic heterocycles. The fourth-order valence-corrected chi connectivity index (χ4v) is 2.84. The smallest absolute Gasteiger partial charge is 0.222 e. The van der Waals surface area contributed by atoms with Crippen LogP contribution in [0.25, 0.3) is 0 Å². The first kappa shape index (κ1) is 13.6. The molecule has 2 aliphatic rings. The van der Waals surface area contributed by atoms with Crippen LogP contribution in [0.15, 0.2) is 29.5 Å². The SMILES string of the molecule is Clc1ncc2c(n1)C(c1ccnc(N3CCOCC3)c1)=NC2. The fourth-order valence-electron chi connectivity index (χ4n) is 2.70. The second-order valence-electron chi connectivity index (χ2n) is 5.18. The van der Waals surface area contributed by atoms with E-state index >= 15 is 0 Å². The summed E-state index contributed by atoms with van der Waals surface area (Å²) in [5.41, 5.74) is 3.68. The van der Waals surface area contributed by atoms with Gasteiger partial charge in [-0.15, -0.1) is 0 Å². The second kappa shape index (κ2) is 5.62. The molecular formula is C15H14ClN5O. The van der Waals surface area contributed by atoms with Crippen LogP contribution in [0, 0.1) is 0 Å². The van der Waals surface area contributed by atoms with Crippen LogP contribution in [0.1, 0.15) is 16.8 Å². The van der Waals surface area contributed by atoms with Gasteiger partial charge in [0.25, 0.3) is 0 Å². The number of aromatic nitrogens is 3. The Balaban J connectivity index is 1.68. The summed E-state index contributed by atoms with van der Waals surface area (Å²) in [4.78, 5) is 19.6. The standard InChI is InChI=1S/C15H14ClN5O/c16-15-19-9-11-8-18-13(14(11)20-15)10-1-2-17-12(7-10)21-3-5-22-6-4-21/h1-2,7,9H,3-6,8H2. The molecular weight excluding hydrogens is 302 g/mol. The van der Waals surface area contributed by atoms with Gasteiger partial charge < -0.3 is 9.64 Å². The number of aliphatic imine (C=N–C) groups is 1. The van der Waals surface area contributed by atoms with Crippen LogP contribution < -0.4 is 4.90 Å². The van der Waals surface area contributed by atoms with Gasteiger partial charge in [0.05, 0.1) is 31.2 Å². The van der Waals surface area contributed by atoms with Crippen molar-refractivity contribution in [2.45, 2.75) is 6.54 Å². The molecule has 0 saturated carbocycles. The minimum absolute atomic E-state index is 0.246. The maximum atomic E-state index is 5.92. The highest BCUT2D eigenvalue weighted by Crippen LogP contribution is 2.23. The number of ether oxygens (including phenoxy) is 1. The van der Waals surface area contributed by atoms with Crippen molar-refractivity contribution < 1.29 is 4.74 Å². The van der Waals surface area contributed by atoms with Gasteiger partial charge in [0.1, 0.15) is 5.82 Å². The van der Waals surface area contributed by atoms with Crippen molar-refractivity contribution in [1.82, 2.24) is 15.0 Å². The Bertz CT molecular complexity index is 742. The summed E-state index contributed by atoms with van der Waals surface area (Å²) in [6.45, 7) is 3.77. The maximum absolute atomic E-state index is 5.92. The molecule has 0 unspecified atom stereocenters. The zero-order chi connectivity index (χ0) is 14.9. The molecule has 0 N–H and O–H groups in total. The molecule has 7 heteroatoms. The van der Waals surface area contributed by atoms with Gasteiger partial charge in [-0.25, -0.2) is 15.0 Å². The molecule has 4 heterocycles. The van der Waals surface area contributed by atoms with E-state index in [1.165, 1.54) is 0 Å². The zero-order valence-corrected chi connectivity index (χ0v) is 12.6. The molecule has 2 aromatic rings. The van der Waals surface area contributed by atoms with Gasteiger partial charge in [-0.2, -0.15) is 0 Å². The summed E-state index contributed by atoms with van der Waals surface area (Å²) < 4.78 is 5.39. The van der Waals surface area contributed by atoms with Gasteiger partial charge in [0.15, 0.2) is 0 Å². The maximum Gasteiger partial charge on any atom is 0.222 e. The van der Waals surface area contributed by atoms with E-state index in [9.17, 15) is 0 Å². The molecule has 1 saturated heterocycles. The van der Waals surface area contributed by atoms with Crippen LogP contribution in [-0.2, 0) is 11.3 Å². The van der Waals surface area contributed by atoms with Crippen molar-refractivity contribution in [3.05, 3.63) is 46.6 Å². The topological polar surface area (TPSA) is 63.5 Å². The summed E-state index contributed by atoms with van der Waals surface area (Å²) in [5, 5.41) is 0.246. The molecule has 0 aromatic carbocycles. The minimum atomic E-state index is 0.246. The predicted molar refractivity (Wildman–Crippen MR) is 83.7 cm³/mol. The monoisotopic (exact) mass is 315 g/mol. The van der Waals surface area contributed by atoms with E-state index in [4.69, 9.17) is 16.3 Å². The van der Waals surface area contributed by atoms with E-state index in [0.29, 0.717) is 6.54 Å². The van der Waals surface area contributed by atoms with E-state index in [1.807, 2.05) is 12.3 Å². The minimum Gasteiger partial charge on any atom is -0.378 e. The molecule has 22 heavy (non-hydrogen) atoms. The van der Waals surface area contributed by atoms with Gasteiger partial charge in [-0.3, -0.25) is 4.99 Å². The Morgan fingerprint density at radius 1 is 1.18 bits per heavy atom. The summed E-state index contributed by atoms with van der Waals surface area (Å²) in [5.74, 6) is 0.942. The lowest BCUT2D eigenvalue weighted by atomic mass is 10.1. The molecule has 0 bridgehead atoms. The molecule has 0 atom stereocenters. The van der Waals surface area contributed by atoms with Gasteiger partial charge in [0.2, 0.25) is 5.28 Å². The van der Waals surface area contributed by atoms with Crippen LogP contribution in [-0.4, -0.2) is 47.0 Å². The normalized spacial score (nSPS) is 17.3. The van der Waals surface area contributed by atoms with Crippen LogP contribution in [0.2, 0.25) is 5.28 Å². The molecule has 1 fully saturated rings. The molecule has 0 radical (unpaired) electrons. The third kappa shape index (κ3) is 2.44. The second-order valence-corrected chi connectivity index (χ2v) is 5.52. The number of nitrogens with zero attached hydrogens (tertiary/aromatic N) is 5. The Labute approximate surface area is 132 Å². The number of pyridine rings is 1. The zero-order valence-electron chi connectivity index (χ0n) is 11.9. The summed E-state index contributed by atoms with van der Waals surface area (Å²) in [7, 11) is 0. The van der Waals surface area contributed by atoms with Crippen LogP contribution in [0.3, 0.4) is 0 Å². The third-order valence-corrected chi connectivity index (χ3v) is 4.00. The van der Waals surface area contributed by atoms with Gasteiger partial charge in [0, 0.05) is 36.6 Å². The quantitative estimate of drug-likeness (QED) is 0.790. The lowest BCUT2D eigenvalue weighted by molar-refractivity contribution is 0.122. The highest BCUT2D eigenvalue weighted by molar-refractivity contribution is 6.28. The first-order valence-corrected chi connectivity index (χ1v) is 7.54. The van der Waals surface area contributed by atoms with Crippen LogP contribution in [0.5, 0.6) is 0 Å². The number of anilines is 1. The molecule has 0 amide bonds. The van der Waals surface area contributed by atoms with E-state index in [1.54, 1.807) is 6.20 Å². The Morgan fingerprint density at radius 2 is 2.05 bits per heavy atom.